The highest BCUT2D eigenvalue weighted by Gasteiger charge is 2.24. The molecule has 1 aliphatic heterocycles. The van der Waals surface area contributed by atoms with Crippen LogP contribution in [0, 0.1) is 0 Å². The Morgan fingerprint density at radius 1 is 1.09 bits per heavy atom. The Morgan fingerprint density at radius 2 is 1.86 bits per heavy atom. The second-order valence-corrected chi connectivity index (χ2v) is 6.51. The summed E-state index contributed by atoms with van der Waals surface area (Å²) in [4.78, 5) is 0. The second-order valence-electron chi connectivity index (χ2n) is 5.22. The van der Waals surface area contributed by atoms with E-state index in [1.54, 1.807) is 0 Å². The van der Waals surface area contributed by atoms with Gasteiger partial charge in [0.2, 0.25) is 0 Å². The molecule has 0 saturated heterocycles. The zero-order valence-corrected chi connectivity index (χ0v) is 14.0. The quantitative estimate of drug-likeness (QED) is 0.690. The lowest BCUT2D eigenvalue weighted by Crippen LogP contribution is -2.04. The molecule has 4 rings (SSSR count). The summed E-state index contributed by atoms with van der Waals surface area (Å²) in [6.07, 6.45) is 0.986. The van der Waals surface area contributed by atoms with Crippen LogP contribution in [0.5, 0.6) is 0 Å². The van der Waals surface area contributed by atoms with Crippen molar-refractivity contribution in [1.82, 2.24) is 9.78 Å². The van der Waals surface area contributed by atoms with Crippen LogP contribution in [-0.2, 0) is 6.42 Å². The molecule has 0 unspecified atom stereocenters. The third-order valence-corrected chi connectivity index (χ3v) is 4.79. The van der Waals surface area contributed by atoms with E-state index in [2.05, 4.69) is 27.3 Å². The van der Waals surface area contributed by atoms with E-state index >= 15 is 0 Å². The fourth-order valence-corrected chi connectivity index (χ4v) is 3.41. The summed E-state index contributed by atoms with van der Waals surface area (Å²) in [7, 11) is 0. The Labute approximate surface area is 142 Å². The van der Waals surface area contributed by atoms with Gasteiger partial charge >= 0.3 is 0 Å². The van der Waals surface area contributed by atoms with Crippen LogP contribution in [0.3, 0.4) is 0 Å². The number of nitrogens with zero attached hydrogens (tertiary/aromatic N) is 2. The van der Waals surface area contributed by atoms with Crippen molar-refractivity contribution in [3.8, 4) is 16.9 Å². The van der Waals surface area contributed by atoms with E-state index in [1.807, 2.05) is 47.1 Å². The lowest BCUT2D eigenvalue weighted by molar-refractivity contribution is 0.882. The highest BCUT2D eigenvalue weighted by Crippen LogP contribution is 2.37. The van der Waals surface area contributed by atoms with Crippen molar-refractivity contribution in [3.63, 3.8) is 0 Å². The molecular weight excluding hydrogens is 362 g/mol. The van der Waals surface area contributed by atoms with E-state index in [0.29, 0.717) is 0 Å². The van der Waals surface area contributed by atoms with E-state index in [-0.39, 0.29) is 0 Å². The van der Waals surface area contributed by atoms with Crippen LogP contribution in [0.25, 0.3) is 16.9 Å². The van der Waals surface area contributed by atoms with Gasteiger partial charge in [0.15, 0.2) is 0 Å². The van der Waals surface area contributed by atoms with Crippen LogP contribution in [0.4, 0.5) is 5.82 Å². The van der Waals surface area contributed by atoms with Crippen LogP contribution in [0.2, 0.25) is 5.02 Å². The number of anilines is 1. The van der Waals surface area contributed by atoms with Crippen LogP contribution in [0.15, 0.2) is 53.0 Å². The largest absolute Gasteiger partial charge is 0.369 e. The molecule has 0 amide bonds. The molecule has 3 aromatic rings. The number of rotatable bonds is 2. The van der Waals surface area contributed by atoms with Crippen LogP contribution >= 0.6 is 27.5 Å². The van der Waals surface area contributed by atoms with Gasteiger partial charge in [-0.05, 0) is 36.8 Å². The molecular formula is C17H13BrClN3. The molecule has 3 nitrogen and oxygen atoms in total. The van der Waals surface area contributed by atoms with E-state index < -0.39 is 0 Å². The van der Waals surface area contributed by atoms with Crippen molar-refractivity contribution in [2.45, 2.75) is 6.42 Å². The Hall–Kier alpha value is -1.78. The maximum absolute atomic E-state index is 5.99. The molecule has 0 atom stereocenters. The van der Waals surface area contributed by atoms with Crippen molar-refractivity contribution >= 4 is 33.3 Å². The van der Waals surface area contributed by atoms with Crippen molar-refractivity contribution in [2.75, 3.05) is 11.9 Å². The topological polar surface area (TPSA) is 29.9 Å². The van der Waals surface area contributed by atoms with Gasteiger partial charge in [-0.25, -0.2) is 4.68 Å². The SMILES string of the molecule is Clc1ccc(-n2nc(-c3ccccc3Br)c3c2NCC3)cc1. The molecule has 0 saturated carbocycles. The molecule has 0 bridgehead atoms. The fraction of sp³-hybridized carbons (Fsp3) is 0.118. The maximum Gasteiger partial charge on any atom is 0.133 e. The number of hydrogen-bond donors (Lipinski definition) is 1. The normalized spacial score (nSPS) is 13.0. The molecule has 0 aliphatic carbocycles. The summed E-state index contributed by atoms with van der Waals surface area (Å²) < 4.78 is 3.03. The van der Waals surface area contributed by atoms with Gasteiger partial charge in [0.05, 0.1) is 11.4 Å². The van der Waals surface area contributed by atoms with Crippen LogP contribution in [0.1, 0.15) is 5.56 Å². The molecule has 5 heteroatoms. The Morgan fingerprint density at radius 3 is 2.64 bits per heavy atom. The molecule has 1 aromatic heterocycles. The average Bonchev–Trinajstić information content (AvgIpc) is 3.11. The molecule has 2 aromatic carbocycles. The summed E-state index contributed by atoms with van der Waals surface area (Å²) in [5.74, 6) is 1.08. The number of aromatic nitrogens is 2. The summed E-state index contributed by atoms with van der Waals surface area (Å²) in [5, 5.41) is 9.02. The highest BCUT2D eigenvalue weighted by molar-refractivity contribution is 9.10. The van der Waals surface area contributed by atoms with Crippen molar-refractivity contribution < 1.29 is 0 Å². The Kier molecular flexibility index (Phi) is 3.43. The van der Waals surface area contributed by atoms with Crippen LogP contribution < -0.4 is 5.32 Å². The first-order chi connectivity index (χ1) is 10.7. The minimum absolute atomic E-state index is 0.728. The van der Waals surface area contributed by atoms with Crippen molar-refractivity contribution in [3.05, 3.63) is 63.6 Å². The van der Waals surface area contributed by atoms with Gasteiger partial charge in [0.25, 0.3) is 0 Å². The molecule has 0 spiro atoms. The monoisotopic (exact) mass is 373 g/mol. The molecule has 110 valence electrons. The summed E-state index contributed by atoms with van der Waals surface area (Å²) >= 11 is 9.62. The van der Waals surface area contributed by atoms with E-state index in [9.17, 15) is 0 Å². The molecule has 0 fully saturated rings. The molecule has 2 heterocycles. The minimum atomic E-state index is 0.728. The van der Waals surface area contributed by atoms with Gasteiger partial charge in [-0.3, -0.25) is 0 Å². The molecule has 1 N–H and O–H groups in total. The summed E-state index contributed by atoms with van der Waals surface area (Å²) in [6, 6.07) is 15.9. The number of hydrogen-bond acceptors (Lipinski definition) is 2. The first-order valence-corrected chi connectivity index (χ1v) is 8.28. The Bertz CT molecular complexity index is 840. The minimum Gasteiger partial charge on any atom is -0.369 e. The van der Waals surface area contributed by atoms with Crippen LogP contribution in [-0.4, -0.2) is 16.3 Å². The number of fused-ring (bicyclic) bond motifs is 1. The molecule has 22 heavy (non-hydrogen) atoms. The first-order valence-electron chi connectivity index (χ1n) is 7.10. The van der Waals surface area contributed by atoms with Crippen molar-refractivity contribution in [1.29, 1.82) is 0 Å². The first kappa shape index (κ1) is 13.9. The lowest BCUT2D eigenvalue weighted by atomic mass is 10.1. The second kappa shape index (κ2) is 5.45. The summed E-state index contributed by atoms with van der Waals surface area (Å²) in [6.45, 7) is 0.943. The maximum atomic E-state index is 5.99. The van der Waals surface area contributed by atoms with Gasteiger partial charge in [0.1, 0.15) is 5.82 Å². The number of nitrogens with one attached hydrogen (secondary N) is 1. The average molecular weight is 375 g/mol. The Balaban J connectivity index is 1.90. The zero-order valence-electron chi connectivity index (χ0n) is 11.7. The number of benzene rings is 2. The fourth-order valence-electron chi connectivity index (χ4n) is 2.81. The standard InChI is InChI=1S/C17H13BrClN3/c18-15-4-2-1-3-13(15)16-14-9-10-20-17(14)22(21-16)12-7-5-11(19)6-8-12/h1-8,20H,9-10H2. The molecule has 1 aliphatic rings. The smallest absolute Gasteiger partial charge is 0.133 e. The van der Waals surface area contributed by atoms with E-state index in [4.69, 9.17) is 16.7 Å². The molecule has 0 radical (unpaired) electrons. The van der Waals surface area contributed by atoms with E-state index in [1.165, 1.54) is 5.56 Å². The third-order valence-electron chi connectivity index (χ3n) is 3.85. The van der Waals surface area contributed by atoms with Gasteiger partial charge in [-0.1, -0.05) is 45.7 Å². The zero-order chi connectivity index (χ0) is 15.1. The number of halogens is 2. The van der Waals surface area contributed by atoms with Crippen molar-refractivity contribution in [2.24, 2.45) is 0 Å². The van der Waals surface area contributed by atoms with Gasteiger partial charge < -0.3 is 5.32 Å². The lowest BCUT2D eigenvalue weighted by Gasteiger charge is -2.06. The third kappa shape index (κ3) is 2.23. The van der Waals surface area contributed by atoms with Gasteiger partial charge in [-0.2, -0.15) is 5.10 Å². The predicted molar refractivity (Wildman–Crippen MR) is 93.9 cm³/mol. The summed E-state index contributed by atoms with van der Waals surface area (Å²) in [5.41, 5.74) is 4.42. The predicted octanol–water partition coefficient (Wildman–Crippen LogP) is 4.92. The highest BCUT2D eigenvalue weighted by atomic mass is 79.9. The van der Waals surface area contributed by atoms with Gasteiger partial charge in [-0.15, -0.1) is 0 Å². The van der Waals surface area contributed by atoms with Gasteiger partial charge in [0, 0.05) is 27.2 Å². The van der Waals surface area contributed by atoms with E-state index in [0.717, 1.165) is 45.2 Å².